The molecule has 2 rings (SSSR count). The number of benzene rings is 1. The molecule has 0 bridgehead atoms. The van der Waals surface area contributed by atoms with Crippen molar-refractivity contribution in [1.82, 2.24) is 5.32 Å². The summed E-state index contributed by atoms with van der Waals surface area (Å²) in [5.74, 6) is 0.768. The van der Waals surface area contributed by atoms with Gasteiger partial charge in [0.05, 0.1) is 11.3 Å². The van der Waals surface area contributed by atoms with E-state index in [4.69, 9.17) is 0 Å². The standard InChI is InChI=1S/C14H18BrN3/c1-17-10-11-4-6-18(7-5-11)14-8-13(15)3-2-12(14)9-16/h2-3,8,11,17H,4-7,10H2,1H3. The molecule has 0 saturated carbocycles. The van der Waals surface area contributed by atoms with Gasteiger partial charge < -0.3 is 10.2 Å². The maximum atomic E-state index is 9.17. The van der Waals surface area contributed by atoms with Crippen LogP contribution in [0.5, 0.6) is 0 Å². The highest BCUT2D eigenvalue weighted by Gasteiger charge is 2.20. The van der Waals surface area contributed by atoms with E-state index in [9.17, 15) is 5.26 Å². The van der Waals surface area contributed by atoms with Crippen molar-refractivity contribution >= 4 is 21.6 Å². The lowest BCUT2D eigenvalue weighted by Gasteiger charge is -2.34. The Balaban J connectivity index is 2.10. The second-order valence-corrected chi connectivity index (χ2v) is 5.68. The highest BCUT2D eigenvalue weighted by Crippen LogP contribution is 2.28. The molecular formula is C14H18BrN3. The van der Waals surface area contributed by atoms with Gasteiger partial charge in [-0.15, -0.1) is 0 Å². The smallest absolute Gasteiger partial charge is 0.101 e. The van der Waals surface area contributed by atoms with Gasteiger partial charge in [-0.25, -0.2) is 0 Å². The monoisotopic (exact) mass is 307 g/mol. The van der Waals surface area contributed by atoms with Crippen molar-refractivity contribution in [3.8, 4) is 6.07 Å². The largest absolute Gasteiger partial charge is 0.370 e. The zero-order valence-corrected chi connectivity index (χ0v) is 12.2. The molecule has 1 N–H and O–H groups in total. The van der Waals surface area contributed by atoms with Crippen LogP contribution >= 0.6 is 15.9 Å². The Bertz CT molecular complexity index is 445. The fourth-order valence-corrected chi connectivity index (χ4v) is 2.88. The summed E-state index contributed by atoms with van der Waals surface area (Å²) in [4.78, 5) is 2.33. The topological polar surface area (TPSA) is 39.1 Å². The fourth-order valence-electron chi connectivity index (χ4n) is 2.53. The first-order valence-electron chi connectivity index (χ1n) is 6.33. The number of halogens is 1. The third-order valence-electron chi connectivity index (χ3n) is 3.53. The van der Waals surface area contributed by atoms with Crippen LogP contribution in [0.2, 0.25) is 0 Å². The molecule has 0 aliphatic carbocycles. The summed E-state index contributed by atoms with van der Waals surface area (Å²) >= 11 is 3.48. The van der Waals surface area contributed by atoms with Gasteiger partial charge in [0, 0.05) is 17.6 Å². The number of nitrogens with zero attached hydrogens (tertiary/aromatic N) is 2. The lowest BCUT2D eigenvalue weighted by molar-refractivity contribution is 0.393. The Kier molecular flexibility index (Phi) is 4.62. The van der Waals surface area contributed by atoms with Crippen LogP contribution in [-0.4, -0.2) is 26.7 Å². The summed E-state index contributed by atoms with van der Waals surface area (Å²) in [6.45, 7) is 3.17. The van der Waals surface area contributed by atoms with E-state index in [1.165, 1.54) is 12.8 Å². The average molecular weight is 308 g/mol. The third-order valence-corrected chi connectivity index (χ3v) is 4.02. The second-order valence-electron chi connectivity index (χ2n) is 4.76. The molecule has 1 saturated heterocycles. The summed E-state index contributed by atoms with van der Waals surface area (Å²) in [5, 5.41) is 12.4. The first-order chi connectivity index (χ1) is 8.74. The van der Waals surface area contributed by atoms with Crippen molar-refractivity contribution < 1.29 is 0 Å². The lowest BCUT2D eigenvalue weighted by Crippen LogP contribution is -2.37. The van der Waals surface area contributed by atoms with Crippen LogP contribution in [0, 0.1) is 17.2 Å². The molecule has 1 heterocycles. The van der Waals surface area contributed by atoms with Gasteiger partial charge in [0.2, 0.25) is 0 Å². The molecule has 1 aromatic rings. The maximum absolute atomic E-state index is 9.17. The first kappa shape index (κ1) is 13.4. The summed E-state index contributed by atoms with van der Waals surface area (Å²) < 4.78 is 1.04. The molecule has 0 unspecified atom stereocenters. The van der Waals surface area contributed by atoms with Crippen LogP contribution in [0.25, 0.3) is 0 Å². The Morgan fingerprint density at radius 3 is 2.78 bits per heavy atom. The van der Waals surface area contributed by atoms with Crippen LogP contribution in [0.3, 0.4) is 0 Å². The van der Waals surface area contributed by atoms with Crippen LogP contribution in [0.15, 0.2) is 22.7 Å². The van der Waals surface area contributed by atoms with Gasteiger partial charge in [0.15, 0.2) is 0 Å². The van der Waals surface area contributed by atoms with Crippen molar-refractivity contribution in [3.63, 3.8) is 0 Å². The van der Waals surface area contributed by atoms with E-state index in [1.807, 2.05) is 19.2 Å². The molecule has 1 aromatic carbocycles. The minimum Gasteiger partial charge on any atom is -0.370 e. The molecule has 0 radical (unpaired) electrons. The van der Waals surface area contributed by atoms with Gasteiger partial charge in [-0.2, -0.15) is 5.26 Å². The SMILES string of the molecule is CNCC1CCN(c2cc(Br)ccc2C#N)CC1. The van der Waals surface area contributed by atoms with Gasteiger partial charge in [0.1, 0.15) is 6.07 Å². The van der Waals surface area contributed by atoms with Crippen molar-refractivity contribution in [3.05, 3.63) is 28.2 Å². The molecule has 96 valence electrons. The zero-order chi connectivity index (χ0) is 13.0. The highest BCUT2D eigenvalue weighted by molar-refractivity contribution is 9.10. The van der Waals surface area contributed by atoms with E-state index in [-0.39, 0.29) is 0 Å². The quantitative estimate of drug-likeness (QED) is 0.933. The normalized spacial score (nSPS) is 16.6. The van der Waals surface area contributed by atoms with Crippen LogP contribution in [0.1, 0.15) is 18.4 Å². The summed E-state index contributed by atoms with van der Waals surface area (Å²) in [6, 6.07) is 8.15. The van der Waals surface area contributed by atoms with Crippen LogP contribution in [-0.2, 0) is 0 Å². The van der Waals surface area contributed by atoms with Crippen molar-refractivity contribution in [2.75, 3.05) is 31.6 Å². The second kappa shape index (κ2) is 6.21. The molecule has 0 atom stereocenters. The molecule has 1 aliphatic rings. The zero-order valence-electron chi connectivity index (χ0n) is 10.6. The number of nitriles is 1. The van der Waals surface area contributed by atoms with Gasteiger partial charge in [-0.1, -0.05) is 15.9 Å². The van der Waals surface area contributed by atoms with Crippen LogP contribution < -0.4 is 10.2 Å². The minimum absolute atomic E-state index is 0.768. The minimum atomic E-state index is 0.768. The number of hydrogen-bond donors (Lipinski definition) is 1. The molecule has 0 aromatic heterocycles. The van der Waals surface area contributed by atoms with Crippen molar-refractivity contribution in [1.29, 1.82) is 5.26 Å². The average Bonchev–Trinajstić information content (AvgIpc) is 2.40. The van der Waals surface area contributed by atoms with Gasteiger partial charge in [0.25, 0.3) is 0 Å². The van der Waals surface area contributed by atoms with Crippen molar-refractivity contribution in [2.24, 2.45) is 5.92 Å². The highest BCUT2D eigenvalue weighted by atomic mass is 79.9. The number of nitrogens with one attached hydrogen (secondary N) is 1. The van der Waals surface area contributed by atoms with E-state index in [0.29, 0.717) is 0 Å². The molecule has 4 heteroatoms. The van der Waals surface area contributed by atoms with Gasteiger partial charge in [-0.05, 0) is 50.6 Å². The Labute approximate surface area is 117 Å². The maximum Gasteiger partial charge on any atom is 0.101 e. The predicted octanol–water partition coefficient (Wildman–Crippen LogP) is 2.76. The first-order valence-corrected chi connectivity index (χ1v) is 7.13. The van der Waals surface area contributed by atoms with Gasteiger partial charge in [-0.3, -0.25) is 0 Å². The summed E-state index contributed by atoms with van der Waals surface area (Å²) in [5.41, 5.74) is 1.83. The van der Waals surface area contributed by atoms with E-state index in [2.05, 4.69) is 38.3 Å². The van der Waals surface area contributed by atoms with Gasteiger partial charge >= 0.3 is 0 Å². The predicted molar refractivity (Wildman–Crippen MR) is 77.7 cm³/mol. The summed E-state index contributed by atoms with van der Waals surface area (Å²) in [6.07, 6.45) is 2.39. The van der Waals surface area contributed by atoms with Crippen LogP contribution in [0.4, 0.5) is 5.69 Å². The molecule has 1 aliphatic heterocycles. The Morgan fingerprint density at radius 1 is 1.44 bits per heavy atom. The van der Waals surface area contributed by atoms with E-state index < -0.39 is 0 Å². The molecule has 3 nitrogen and oxygen atoms in total. The Hall–Kier alpha value is -1.05. The van der Waals surface area contributed by atoms with E-state index in [1.54, 1.807) is 0 Å². The molecule has 0 amide bonds. The molecule has 18 heavy (non-hydrogen) atoms. The summed E-state index contributed by atoms with van der Waals surface area (Å²) in [7, 11) is 2.01. The molecule has 1 fully saturated rings. The Morgan fingerprint density at radius 2 is 2.17 bits per heavy atom. The number of rotatable bonds is 3. The molecule has 0 spiro atoms. The number of hydrogen-bond acceptors (Lipinski definition) is 3. The lowest BCUT2D eigenvalue weighted by atomic mass is 9.96. The number of anilines is 1. The third kappa shape index (κ3) is 3.04. The number of piperidine rings is 1. The van der Waals surface area contributed by atoms with E-state index in [0.717, 1.165) is 41.3 Å². The molecular weight excluding hydrogens is 290 g/mol. The fraction of sp³-hybridized carbons (Fsp3) is 0.500. The van der Waals surface area contributed by atoms with Crippen molar-refractivity contribution in [2.45, 2.75) is 12.8 Å². The van der Waals surface area contributed by atoms with E-state index >= 15 is 0 Å².